The number of nitrogens with one attached hydrogen (secondary N) is 3. The number of carbonyl (C=O) groups is 4. The molecule has 2 aliphatic heterocycles. The van der Waals surface area contributed by atoms with Crippen LogP contribution in [0.4, 0.5) is 0 Å². The lowest BCUT2D eigenvalue weighted by Gasteiger charge is -2.39. The summed E-state index contributed by atoms with van der Waals surface area (Å²) in [5, 5.41) is 8.01. The van der Waals surface area contributed by atoms with Gasteiger partial charge in [0.1, 0.15) is 17.5 Å². The van der Waals surface area contributed by atoms with Crippen molar-refractivity contribution in [2.45, 2.75) is 111 Å². The van der Waals surface area contributed by atoms with E-state index < -0.39 is 49.7 Å². The van der Waals surface area contributed by atoms with Crippen LogP contribution >= 0.6 is 0 Å². The monoisotopic (exact) mass is 679 g/mol. The van der Waals surface area contributed by atoms with Gasteiger partial charge in [0.25, 0.3) is 11.8 Å². The number of nitrogens with zero attached hydrogens (tertiary/aromatic N) is 2. The molecule has 11 nitrogen and oxygen atoms in total. The third-order valence-corrected chi connectivity index (χ3v) is 14.3. The second-order valence-corrected chi connectivity index (χ2v) is 20.1. The van der Waals surface area contributed by atoms with Gasteiger partial charge in [-0.2, -0.15) is 0 Å². The molecule has 5 atom stereocenters. The summed E-state index contributed by atoms with van der Waals surface area (Å²) in [5.74, 6) is -2.19. The van der Waals surface area contributed by atoms with Crippen LogP contribution < -0.4 is 16.1 Å². The van der Waals surface area contributed by atoms with E-state index in [-0.39, 0.29) is 29.5 Å². The Bertz CT molecular complexity index is 1570. The molecule has 1 aromatic carbocycles. The number of aromatic nitrogens is 1. The lowest BCUT2D eigenvalue weighted by molar-refractivity contribution is -0.167. The molecule has 3 amide bonds. The Morgan fingerprint density at radius 1 is 1.04 bits per heavy atom. The number of rotatable bonds is 4. The average molecular weight is 680 g/mol. The van der Waals surface area contributed by atoms with E-state index in [2.05, 4.69) is 49.9 Å². The molecule has 0 unspecified atom stereocenters. The molecule has 3 N–H and O–H groups in total. The van der Waals surface area contributed by atoms with Crippen LogP contribution in [-0.2, 0) is 28.3 Å². The fourth-order valence-corrected chi connectivity index (χ4v) is 6.45. The zero-order valence-corrected chi connectivity index (χ0v) is 31.1. The summed E-state index contributed by atoms with van der Waals surface area (Å²) in [6, 6.07) is 7.75. The van der Waals surface area contributed by atoms with Gasteiger partial charge in [0.2, 0.25) is 5.91 Å². The predicted octanol–water partition coefficient (Wildman–Crippen LogP) is 5.04. The molecule has 2 aliphatic rings. The summed E-state index contributed by atoms with van der Waals surface area (Å²) in [4.78, 5) is 59.3. The van der Waals surface area contributed by atoms with Gasteiger partial charge in [-0.25, -0.2) is 5.43 Å². The minimum Gasteiger partial charge on any atom is -0.451 e. The maximum Gasteiger partial charge on any atom is 0.318 e. The molecule has 4 rings (SSSR count). The summed E-state index contributed by atoms with van der Waals surface area (Å²) in [5.41, 5.74) is 4.06. The molecule has 0 saturated carbocycles. The highest BCUT2D eigenvalue weighted by Crippen LogP contribution is 2.38. The minimum atomic E-state index is -2.27. The highest BCUT2D eigenvalue weighted by molar-refractivity contribution is 6.74. The maximum absolute atomic E-state index is 14.1. The van der Waals surface area contributed by atoms with Crippen molar-refractivity contribution in [2.24, 2.45) is 11.3 Å². The fraction of sp³-hybridized carbons (Fsp3) is 0.583. The third kappa shape index (κ3) is 8.51. The molecule has 0 spiro atoms. The zero-order chi connectivity index (χ0) is 35.6. The van der Waals surface area contributed by atoms with E-state index >= 15 is 0 Å². The number of hydrogen-bond acceptors (Lipinski definition) is 8. The van der Waals surface area contributed by atoms with Gasteiger partial charge in [-0.05, 0) is 75.4 Å². The molecule has 5 bridgehead atoms. The Kier molecular flexibility index (Phi) is 11.2. The number of hydrazine groups is 1. The van der Waals surface area contributed by atoms with Crippen molar-refractivity contribution < 1.29 is 28.3 Å². The van der Waals surface area contributed by atoms with Crippen LogP contribution in [0.1, 0.15) is 85.5 Å². The van der Waals surface area contributed by atoms with E-state index in [1.807, 2.05) is 43.3 Å². The van der Waals surface area contributed by atoms with Crippen LogP contribution in [0.15, 0.2) is 36.4 Å². The average Bonchev–Trinajstić information content (AvgIpc) is 3.03. The number of hydrogen-bond donors (Lipinski definition) is 3. The standard InChI is InChI=1S/C36H53N5O6Si/c1-22(2)30-32(43)38-24(4)33(44)41-19-11-12-28(40-41)31(42)37-23(3)27-16-15-26-14-13-25(20-29(26)39-27)17-18-36(8,34(45)47-30)21-46-48(9,10)35(5,6)7/h13-18,20,22-24,28,30,40H,11-12,19,21H2,1-10H3,(H,37,42)(H,38,43)/t23-,24+,28+,30+,36-/m1/s1. The van der Waals surface area contributed by atoms with Gasteiger partial charge in [-0.15, -0.1) is 0 Å². The Labute approximate surface area is 285 Å². The molecule has 0 radical (unpaired) electrons. The van der Waals surface area contributed by atoms with Gasteiger partial charge in [-0.3, -0.25) is 29.2 Å². The van der Waals surface area contributed by atoms with Crippen LogP contribution in [-0.4, -0.2) is 73.3 Å². The van der Waals surface area contributed by atoms with Gasteiger partial charge in [0.05, 0.1) is 23.9 Å². The first-order valence-electron chi connectivity index (χ1n) is 16.9. The third-order valence-electron chi connectivity index (χ3n) is 9.78. The number of cyclic esters (lactones) is 1. The normalized spacial score (nSPS) is 26.8. The van der Waals surface area contributed by atoms with Crippen molar-refractivity contribution in [3.8, 4) is 0 Å². The Morgan fingerprint density at radius 3 is 2.38 bits per heavy atom. The van der Waals surface area contributed by atoms with E-state index in [0.29, 0.717) is 25.1 Å². The molecule has 2 aromatic rings. The number of ether oxygens (including phenoxy) is 1. The summed E-state index contributed by atoms with van der Waals surface area (Å²) < 4.78 is 12.5. The second kappa shape index (κ2) is 14.5. The van der Waals surface area contributed by atoms with Gasteiger partial charge >= 0.3 is 5.97 Å². The van der Waals surface area contributed by atoms with Crippen molar-refractivity contribution in [3.63, 3.8) is 0 Å². The number of esters is 1. The number of amides is 3. The predicted molar refractivity (Wildman–Crippen MR) is 189 cm³/mol. The Balaban J connectivity index is 1.77. The molecule has 1 aromatic heterocycles. The van der Waals surface area contributed by atoms with E-state index in [9.17, 15) is 19.2 Å². The summed E-state index contributed by atoms with van der Waals surface area (Å²) in [7, 11) is -2.27. The molecule has 3 heterocycles. The zero-order valence-electron chi connectivity index (χ0n) is 30.1. The summed E-state index contributed by atoms with van der Waals surface area (Å²) in [6.07, 6.45) is 3.63. The first-order valence-corrected chi connectivity index (χ1v) is 19.9. The molecule has 48 heavy (non-hydrogen) atoms. The quantitative estimate of drug-likeness (QED) is 0.302. The molecule has 262 valence electrons. The van der Waals surface area contributed by atoms with Gasteiger partial charge in [0, 0.05) is 11.9 Å². The lowest BCUT2D eigenvalue weighted by Crippen LogP contribution is -2.61. The van der Waals surface area contributed by atoms with Crippen molar-refractivity contribution in [2.75, 3.05) is 13.2 Å². The van der Waals surface area contributed by atoms with E-state index in [1.165, 1.54) is 5.01 Å². The maximum atomic E-state index is 14.1. The lowest BCUT2D eigenvalue weighted by atomic mass is 9.90. The molecule has 0 aliphatic carbocycles. The van der Waals surface area contributed by atoms with Crippen molar-refractivity contribution >= 4 is 49.0 Å². The van der Waals surface area contributed by atoms with Crippen LogP contribution in [0.2, 0.25) is 18.1 Å². The molecule has 1 saturated heterocycles. The first kappa shape index (κ1) is 37.2. The molecule has 1 fully saturated rings. The smallest absolute Gasteiger partial charge is 0.318 e. The highest BCUT2D eigenvalue weighted by Gasteiger charge is 2.43. The molecular weight excluding hydrogens is 627 g/mol. The van der Waals surface area contributed by atoms with E-state index in [4.69, 9.17) is 14.1 Å². The van der Waals surface area contributed by atoms with Crippen LogP contribution in [0.3, 0.4) is 0 Å². The summed E-state index contributed by atoms with van der Waals surface area (Å²) >= 11 is 0. The van der Waals surface area contributed by atoms with E-state index in [0.717, 1.165) is 16.5 Å². The summed E-state index contributed by atoms with van der Waals surface area (Å²) in [6.45, 7) is 19.9. The van der Waals surface area contributed by atoms with Crippen LogP contribution in [0.5, 0.6) is 0 Å². The number of benzene rings is 1. The van der Waals surface area contributed by atoms with Crippen molar-refractivity contribution in [1.29, 1.82) is 0 Å². The minimum absolute atomic E-state index is 0.0646. The van der Waals surface area contributed by atoms with Gasteiger partial charge < -0.3 is 19.8 Å². The number of fused-ring (bicyclic) bond motifs is 4. The largest absolute Gasteiger partial charge is 0.451 e. The Hall–Kier alpha value is -3.61. The van der Waals surface area contributed by atoms with E-state index in [1.54, 1.807) is 33.8 Å². The highest BCUT2D eigenvalue weighted by atomic mass is 28.4. The Morgan fingerprint density at radius 2 is 1.71 bits per heavy atom. The molecular formula is C36H53N5O6Si. The SMILES string of the molecule is CC(C)[C@@H]1OC(=O)[C@@](C)(CO[Si](C)(C)C(C)(C)C)C=Cc2ccc3ccc(nc3c2)[C@@H](C)NC(=O)[C@@H]2CCCN(N2)C(=O)[C@H](C)NC1=O. The fourth-order valence-electron chi connectivity index (χ4n) is 5.35. The number of carbonyl (C=O) groups excluding carboxylic acids is 4. The first-order chi connectivity index (χ1) is 22.3. The second-order valence-electron chi connectivity index (χ2n) is 15.3. The van der Waals surface area contributed by atoms with Crippen LogP contribution in [0.25, 0.3) is 17.0 Å². The molecule has 12 heteroatoms. The van der Waals surface area contributed by atoms with Crippen molar-refractivity contribution in [3.05, 3.63) is 47.7 Å². The number of pyridine rings is 1. The van der Waals surface area contributed by atoms with Gasteiger partial charge in [-0.1, -0.05) is 65.0 Å². The topological polar surface area (TPSA) is 139 Å². The van der Waals surface area contributed by atoms with Crippen LogP contribution in [0, 0.1) is 11.3 Å². The van der Waals surface area contributed by atoms with Crippen molar-refractivity contribution in [1.82, 2.24) is 26.1 Å². The van der Waals surface area contributed by atoms with Gasteiger partial charge in [0.15, 0.2) is 14.4 Å².